The fourth-order valence-corrected chi connectivity index (χ4v) is 1.68. The fraction of sp³-hybridized carbons (Fsp3) is 0.700. The Bertz CT molecular complexity index is 318. The highest BCUT2D eigenvalue weighted by Crippen LogP contribution is 2.37. The first-order valence-corrected chi connectivity index (χ1v) is 5.07. The summed E-state index contributed by atoms with van der Waals surface area (Å²) in [5.41, 5.74) is 6.14. The van der Waals surface area contributed by atoms with Crippen molar-refractivity contribution in [1.29, 1.82) is 0 Å². The zero-order valence-electron chi connectivity index (χ0n) is 8.36. The van der Waals surface area contributed by atoms with Gasteiger partial charge in [0.15, 0.2) is 11.7 Å². The molecule has 1 aliphatic carbocycles. The van der Waals surface area contributed by atoms with Gasteiger partial charge in [-0.3, -0.25) is 0 Å². The Hall–Kier alpha value is -0.870. The van der Waals surface area contributed by atoms with Crippen LogP contribution in [0.4, 0.5) is 0 Å². The van der Waals surface area contributed by atoms with Gasteiger partial charge in [-0.05, 0) is 19.8 Å². The summed E-state index contributed by atoms with van der Waals surface area (Å²) in [6.07, 6.45) is 2.84. The molecule has 1 aromatic rings. The summed E-state index contributed by atoms with van der Waals surface area (Å²) in [5.74, 6) is 1.78. The molecular formula is C10H16N2O2. The number of nitrogens with two attached hydrogens (primary N) is 1. The second kappa shape index (κ2) is 3.71. The number of aryl methyl sites for hydroxylation is 1. The monoisotopic (exact) mass is 196 g/mol. The van der Waals surface area contributed by atoms with Gasteiger partial charge in [-0.25, -0.2) is 4.98 Å². The van der Waals surface area contributed by atoms with E-state index in [4.69, 9.17) is 10.2 Å². The molecule has 0 saturated heterocycles. The summed E-state index contributed by atoms with van der Waals surface area (Å²) < 4.78 is 5.53. The Kier molecular flexibility index (Phi) is 2.56. The van der Waals surface area contributed by atoms with E-state index in [-0.39, 0.29) is 6.54 Å². The number of oxazole rings is 1. The van der Waals surface area contributed by atoms with Crippen LogP contribution >= 0.6 is 0 Å². The first-order valence-electron chi connectivity index (χ1n) is 5.07. The predicted molar refractivity (Wildman–Crippen MR) is 51.8 cm³/mol. The molecule has 1 aromatic heterocycles. The molecule has 1 fully saturated rings. The van der Waals surface area contributed by atoms with Crippen LogP contribution in [0.2, 0.25) is 0 Å². The summed E-state index contributed by atoms with van der Waals surface area (Å²) >= 11 is 0. The third kappa shape index (κ3) is 1.55. The highest BCUT2D eigenvalue weighted by molar-refractivity contribution is 5.13. The van der Waals surface area contributed by atoms with Gasteiger partial charge in [0, 0.05) is 12.5 Å². The molecule has 3 N–H and O–H groups in total. The van der Waals surface area contributed by atoms with E-state index in [2.05, 4.69) is 4.98 Å². The highest BCUT2D eigenvalue weighted by atomic mass is 16.4. The Morgan fingerprint density at radius 2 is 2.36 bits per heavy atom. The summed E-state index contributed by atoms with van der Waals surface area (Å²) in [4.78, 5) is 4.32. The van der Waals surface area contributed by atoms with Gasteiger partial charge in [-0.15, -0.1) is 0 Å². The lowest BCUT2D eigenvalue weighted by atomic mass is 9.85. The summed E-state index contributed by atoms with van der Waals surface area (Å²) in [5, 5.41) is 9.54. The van der Waals surface area contributed by atoms with Gasteiger partial charge in [0.1, 0.15) is 6.10 Å². The zero-order chi connectivity index (χ0) is 10.1. The number of rotatable bonds is 3. The SMILES string of the molecule is Cc1nc(C2CCC2)oc1C(O)CN. The van der Waals surface area contributed by atoms with Crippen LogP contribution < -0.4 is 5.73 Å². The minimum Gasteiger partial charge on any atom is -0.442 e. The lowest BCUT2D eigenvalue weighted by molar-refractivity contribution is 0.152. The topological polar surface area (TPSA) is 72.3 Å². The van der Waals surface area contributed by atoms with Crippen molar-refractivity contribution in [2.75, 3.05) is 6.54 Å². The summed E-state index contributed by atoms with van der Waals surface area (Å²) in [7, 11) is 0. The van der Waals surface area contributed by atoms with Crippen molar-refractivity contribution in [2.24, 2.45) is 5.73 Å². The summed E-state index contributed by atoms with van der Waals surface area (Å²) in [6, 6.07) is 0. The molecule has 1 saturated carbocycles. The van der Waals surface area contributed by atoms with Gasteiger partial charge < -0.3 is 15.3 Å². The Balaban J connectivity index is 2.20. The maximum Gasteiger partial charge on any atom is 0.197 e. The number of aliphatic hydroxyl groups excluding tert-OH is 1. The van der Waals surface area contributed by atoms with E-state index < -0.39 is 6.10 Å². The van der Waals surface area contributed by atoms with Crippen LogP contribution in [0.1, 0.15) is 48.6 Å². The fourth-order valence-electron chi connectivity index (χ4n) is 1.68. The average molecular weight is 196 g/mol. The van der Waals surface area contributed by atoms with Crippen LogP contribution in [0, 0.1) is 6.92 Å². The molecule has 4 heteroatoms. The summed E-state index contributed by atoms with van der Waals surface area (Å²) in [6.45, 7) is 2.03. The van der Waals surface area contributed by atoms with Crippen LogP contribution in [-0.2, 0) is 0 Å². The van der Waals surface area contributed by atoms with E-state index in [1.807, 2.05) is 6.92 Å². The van der Waals surface area contributed by atoms with Crippen molar-refractivity contribution in [3.63, 3.8) is 0 Å². The van der Waals surface area contributed by atoms with E-state index in [9.17, 15) is 5.11 Å². The molecule has 1 aliphatic rings. The maximum absolute atomic E-state index is 9.54. The van der Waals surface area contributed by atoms with Gasteiger partial charge in [-0.2, -0.15) is 0 Å². The molecule has 78 valence electrons. The van der Waals surface area contributed by atoms with E-state index in [1.54, 1.807) is 0 Å². The maximum atomic E-state index is 9.54. The highest BCUT2D eigenvalue weighted by Gasteiger charge is 2.26. The molecule has 0 amide bonds. The van der Waals surface area contributed by atoms with Crippen molar-refractivity contribution in [3.05, 3.63) is 17.3 Å². The van der Waals surface area contributed by atoms with Gasteiger partial charge in [0.05, 0.1) is 5.69 Å². The number of aromatic nitrogens is 1. The van der Waals surface area contributed by atoms with Crippen LogP contribution in [0.3, 0.4) is 0 Å². The smallest absolute Gasteiger partial charge is 0.197 e. The van der Waals surface area contributed by atoms with Crippen molar-refractivity contribution in [3.8, 4) is 0 Å². The quantitative estimate of drug-likeness (QED) is 0.763. The second-order valence-corrected chi connectivity index (χ2v) is 3.88. The van der Waals surface area contributed by atoms with Crippen molar-refractivity contribution >= 4 is 0 Å². The Morgan fingerprint density at radius 1 is 1.64 bits per heavy atom. The molecule has 0 bridgehead atoms. The molecule has 0 radical (unpaired) electrons. The standard InChI is InChI=1S/C10H16N2O2/c1-6-9(8(13)5-11)14-10(12-6)7-3-2-4-7/h7-8,13H,2-5,11H2,1H3. The van der Waals surface area contributed by atoms with Crippen molar-refractivity contribution < 1.29 is 9.52 Å². The minimum atomic E-state index is -0.712. The molecule has 0 aromatic carbocycles. The van der Waals surface area contributed by atoms with Gasteiger partial charge in [0.2, 0.25) is 0 Å². The molecular weight excluding hydrogens is 180 g/mol. The van der Waals surface area contributed by atoms with E-state index in [1.165, 1.54) is 6.42 Å². The van der Waals surface area contributed by atoms with Gasteiger partial charge in [-0.1, -0.05) is 6.42 Å². The Labute approximate surface area is 83.1 Å². The zero-order valence-corrected chi connectivity index (χ0v) is 8.36. The average Bonchev–Trinajstić information content (AvgIpc) is 2.43. The van der Waals surface area contributed by atoms with Crippen LogP contribution in [0.15, 0.2) is 4.42 Å². The molecule has 2 rings (SSSR count). The lowest BCUT2D eigenvalue weighted by Crippen LogP contribution is -2.11. The third-order valence-electron chi connectivity index (χ3n) is 2.83. The lowest BCUT2D eigenvalue weighted by Gasteiger charge is -2.21. The number of hydrogen-bond acceptors (Lipinski definition) is 4. The van der Waals surface area contributed by atoms with Gasteiger partial charge in [0.25, 0.3) is 0 Å². The first kappa shape index (κ1) is 9.68. The molecule has 1 atom stereocenters. The van der Waals surface area contributed by atoms with E-state index in [0.29, 0.717) is 11.7 Å². The van der Waals surface area contributed by atoms with Crippen molar-refractivity contribution in [2.45, 2.75) is 38.2 Å². The van der Waals surface area contributed by atoms with Crippen LogP contribution in [0.5, 0.6) is 0 Å². The largest absolute Gasteiger partial charge is 0.442 e. The number of hydrogen-bond donors (Lipinski definition) is 2. The number of nitrogens with zero attached hydrogens (tertiary/aromatic N) is 1. The van der Waals surface area contributed by atoms with Crippen LogP contribution in [-0.4, -0.2) is 16.6 Å². The molecule has 1 unspecified atom stereocenters. The number of aliphatic hydroxyl groups is 1. The van der Waals surface area contributed by atoms with E-state index in [0.717, 1.165) is 24.4 Å². The van der Waals surface area contributed by atoms with E-state index >= 15 is 0 Å². The Morgan fingerprint density at radius 3 is 2.86 bits per heavy atom. The molecule has 14 heavy (non-hydrogen) atoms. The molecule has 4 nitrogen and oxygen atoms in total. The molecule has 1 heterocycles. The third-order valence-corrected chi connectivity index (χ3v) is 2.83. The predicted octanol–water partition coefficient (Wildman–Crippen LogP) is 1.24. The van der Waals surface area contributed by atoms with Crippen molar-refractivity contribution in [1.82, 2.24) is 4.98 Å². The first-order chi connectivity index (χ1) is 6.72. The molecule has 0 aliphatic heterocycles. The second-order valence-electron chi connectivity index (χ2n) is 3.88. The minimum absolute atomic E-state index is 0.181. The normalized spacial score (nSPS) is 19.4. The van der Waals surface area contributed by atoms with Gasteiger partial charge >= 0.3 is 0 Å². The van der Waals surface area contributed by atoms with Crippen LogP contribution in [0.25, 0.3) is 0 Å². The molecule has 0 spiro atoms.